The number of rotatable bonds is 4. The van der Waals surface area contributed by atoms with Crippen molar-refractivity contribution in [3.63, 3.8) is 0 Å². The average molecular weight is 254 g/mol. The average Bonchev–Trinajstić information content (AvgIpc) is 2.81. The highest BCUT2D eigenvalue weighted by Gasteiger charge is 2.15. The van der Waals surface area contributed by atoms with E-state index in [2.05, 4.69) is 25.3 Å². The second kappa shape index (κ2) is 4.39. The molecule has 0 amide bonds. The lowest BCUT2D eigenvalue weighted by Gasteiger charge is -2.06. The molecule has 2 aromatic heterocycles. The van der Waals surface area contributed by atoms with Crippen LogP contribution in [-0.4, -0.2) is 23.6 Å². The number of hydrogen-bond acceptors (Lipinski definition) is 6. The summed E-state index contributed by atoms with van der Waals surface area (Å²) in [5.41, 5.74) is 2.63. The Labute approximate surface area is 97.3 Å². The summed E-state index contributed by atoms with van der Waals surface area (Å²) in [7, 11) is -3.66. The van der Waals surface area contributed by atoms with Crippen LogP contribution in [0.25, 0.3) is 0 Å². The van der Waals surface area contributed by atoms with Crippen LogP contribution in [0.4, 0.5) is 11.5 Å². The maximum Gasteiger partial charge on any atom is 0.262 e. The van der Waals surface area contributed by atoms with E-state index >= 15 is 0 Å². The summed E-state index contributed by atoms with van der Waals surface area (Å²) in [6, 6.07) is 2.69. The van der Waals surface area contributed by atoms with E-state index in [4.69, 9.17) is 5.84 Å². The molecule has 0 unspecified atom stereocenters. The molecule has 5 N–H and O–H groups in total. The molecule has 0 saturated heterocycles. The highest BCUT2D eigenvalue weighted by molar-refractivity contribution is 7.92. The van der Waals surface area contributed by atoms with Crippen LogP contribution < -0.4 is 16.0 Å². The van der Waals surface area contributed by atoms with E-state index in [1.54, 1.807) is 0 Å². The first-order valence-corrected chi connectivity index (χ1v) is 6.04. The number of hydrogen-bond donors (Lipinski definition) is 4. The fraction of sp³-hybridized carbons (Fsp3) is 0. The summed E-state index contributed by atoms with van der Waals surface area (Å²) >= 11 is 0. The van der Waals surface area contributed by atoms with E-state index in [1.165, 1.54) is 30.7 Å². The van der Waals surface area contributed by atoms with Crippen LogP contribution >= 0.6 is 0 Å². The van der Waals surface area contributed by atoms with Gasteiger partial charge in [-0.2, -0.15) is 5.10 Å². The molecule has 0 spiro atoms. The molecule has 0 aliphatic heterocycles. The Balaban J connectivity index is 2.31. The zero-order valence-electron chi connectivity index (χ0n) is 8.58. The minimum atomic E-state index is -3.66. The Hall–Kier alpha value is -2.13. The van der Waals surface area contributed by atoms with Crippen molar-refractivity contribution in [3.05, 3.63) is 30.7 Å². The zero-order chi connectivity index (χ0) is 12.3. The molecular formula is C8H10N6O2S. The molecule has 0 atom stereocenters. The van der Waals surface area contributed by atoms with Crippen LogP contribution in [0.15, 0.2) is 35.6 Å². The summed E-state index contributed by atoms with van der Waals surface area (Å²) < 4.78 is 26.2. The van der Waals surface area contributed by atoms with Gasteiger partial charge in [0.25, 0.3) is 10.0 Å². The maximum absolute atomic E-state index is 11.9. The molecule has 2 heterocycles. The Kier molecular flexibility index (Phi) is 2.93. The van der Waals surface area contributed by atoms with Crippen LogP contribution in [-0.2, 0) is 10.0 Å². The SMILES string of the molecule is NNc1cc(S(=O)(=O)Nc2cn[nH]c2)ccn1. The molecule has 9 heteroatoms. The van der Waals surface area contributed by atoms with E-state index in [0.29, 0.717) is 5.69 Å². The van der Waals surface area contributed by atoms with Gasteiger partial charge in [0.05, 0.1) is 16.8 Å². The van der Waals surface area contributed by atoms with Gasteiger partial charge < -0.3 is 5.43 Å². The third-order valence-corrected chi connectivity index (χ3v) is 3.32. The first kappa shape index (κ1) is 11.4. The van der Waals surface area contributed by atoms with Gasteiger partial charge in [0.15, 0.2) is 0 Å². The number of aromatic amines is 1. The van der Waals surface area contributed by atoms with Crippen molar-refractivity contribution in [1.29, 1.82) is 0 Å². The largest absolute Gasteiger partial charge is 0.308 e. The Morgan fingerprint density at radius 2 is 2.24 bits per heavy atom. The first-order valence-electron chi connectivity index (χ1n) is 4.56. The molecule has 90 valence electrons. The van der Waals surface area contributed by atoms with Crippen molar-refractivity contribution >= 4 is 21.5 Å². The predicted octanol–water partition coefficient (Wildman–Crippen LogP) is -0.109. The number of H-pyrrole nitrogens is 1. The smallest absolute Gasteiger partial charge is 0.262 e. The van der Waals surface area contributed by atoms with Crippen molar-refractivity contribution in [2.75, 3.05) is 10.1 Å². The van der Waals surface area contributed by atoms with Gasteiger partial charge in [-0.15, -0.1) is 0 Å². The number of nitrogens with zero attached hydrogens (tertiary/aromatic N) is 2. The Morgan fingerprint density at radius 3 is 2.88 bits per heavy atom. The second-order valence-corrected chi connectivity index (χ2v) is 4.80. The summed E-state index contributed by atoms with van der Waals surface area (Å²) in [5, 5.41) is 6.14. The van der Waals surface area contributed by atoms with Crippen molar-refractivity contribution in [3.8, 4) is 0 Å². The Bertz CT molecular complexity index is 594. The topological polar surface area (TPSA) is 126 Å². The van der Waals surface area contributed by atoms with Gasteiger partial charge >= 0.3 is 0 Å². The van der Waals surface area contributed by atoms with Crippen molar-refractivity contribution < 1.29 is 8.42 Å². The second-order valence-electron chi connectivity index (χ2n) is 3.11. The lowest BCUT2D eigenvalue weighted by molar-refractivity contribution is 0.601. The standard InChI is InChI=1S/C8H10N6O2S/c9-13-8-3-7(1-2-10-8)17(15,16)14-6-4-11-12-5-6/h1-5,14H,9H2,(H,10,13)(H,11,12). The van der Waals surface area contributed by atoms with Gasteiger partial charge in [0, 0.05) is 18.5 Å². The van der Waals surface area contributed by atoms with Crippen molar-refractivity contribution in [2.45, 2.75) is 4.90 Å². The molecular weight excluding hydrogens is 244 g/mol. The number of nitrogens with one attached hydrogen (secondary N) is 3. The van der Waals surface area contributed by atoms with E-state index < -0.39 is 10.0 Å². The molecule has 0 fully saturated rings. The molecule has 0 aliphatic rings. The minimum Gasteiger partial charge on any atom is -0.308 e. The molecule has 0 radical (unpaired) electrons. The summed E-state index contributed by atoms with van der Waals surface area (Å²) in [4.78, 5) is 3.88. The number of nitrogens with two attached hydrogens (primary N) is 1. The van der Waals surface area contributed by atoms with Crippen LogP contribution in [0.3, 0.4) is 0 Å². The summed E-state index contributed by atoms with van der Waals surface area (Å²) in [6.45, 7) is 0. The van der Waals surface area contributed by atoms with Gasteiger partial charge in [0.2, 0.25) is 0 Å². The maximum atomic E-state index is 11.9. The molecule has 0 aliphatic carbocycles. The van der Waals surface area contributed by atoms with Gasteiger partial charge in [-0.1, -0.05) is 0 Å². The molecule has 0 aromatic carbocycles. The molecule has 0 saturated carbocycles. The van der Waals surface area contributed by atoms with E-state index in [9.17, 15) is 8.42 Å². The lowest BCUT2D eigenvalue weighted by Crippen LogP contribution is -2.14. The van der Waals surface area contributed by atoms with Gasteiger partial charge in [-0.3, -0.25) is 9.82 Å². The molecule has 17 heavy (non-hydrogen) atoms. The van der Waals surface area contributed by atoms with E-state index in [-0.39, 0.29) is 10.7 Å². The normalized spacial score (nSPS) is 11.1. The number of nitrogen functional groups attached to an aromatic ring is 1. The highest BCUT2D eigenvalue weighted by atomic mass is 32.2. The van der Waals surface area contributed by atoms with Gasteiger partial charge in [-0.05, 0) is 6.07 Å². The van der Waals surface area contributed by atoms with E-state index in [1.807, 2.05) is 0 Å². The Morgan fingerprint density at radius 1 is 1.41 bits per heavy atom. The van der Waals surface area contributed by atoms with Gasteiger partial charge in [-0.25, -0.2) is 19.2 Å². The first-order chi connectivity index (χ1) is 8.12. The lowest BCUT2D eigenvalue weighted by atomic mass is 10.5. The quantitative estimate of drug-likeness (QED) is 0.445. The summed E-state index contributed by atoms with van der Waals surface area (Å²) in [6.07, 6.45) is 4.14. The minimum absolute atomic E-state index is 0.0571. The number of pyridine rings is 1. The molecule has 2 rings (SSSR count). The van der Waals surface area contributed by atoms with Crippen molar-refractivity contribution in [2.24, 2.45) is 5.84 Å². The number of anilines is 2. The van der Waals surface area contributed by atoms with Crippen LogP contribution in [0.1, 0.15) is 0 Å². The third-order valence-electron chi connectivity index (χ3n) is 1.94. The predicted molar refractivity (Wildman–Crippen MR) is 61.4 cm³/mol. The highest BCUT2D eigenvalue weighted by Crippen LogP contribution is 2.16. The van der Waals surface area contributed by atoms with Crippen LogP contribution in [0, 0.1) is 0 Å². The zero-order valence-corrected chi connectivity index (χ0v) is 9.40. The number of aromatic nitrogens is 3. The van der Waals surface area contributed by atoms with Crippen LogP contribution in [0.5, 0.6) is 0 Å². The molecule has 0 bridgehead atoms. The van der Waals surface area contributed by atoms with E-state index in [0.717, 1.165) is 0 Å². The molecule has 8 nitrogen and oxygen atoms in total. The fourth-order valence-corrected chi connectivity index (χ4v) is 2.22. The third kappa shape index (κ3) is 2.52. The fourth-order valence-electron chi connectivity index (χ4n) is 1.18. The molecule has 2 aromatic rings. The van der Waals surface area contributed by atoms with Gasteiger partial charge in [0.1, 0.15) is 5.82 Å². The van der Waals surface area contributed by atoms with Crippen molar-refractivity contribution in [1.82, 2.24) is 15.2 Å². The monoisotopic (exact) mass is 254 g/mol. The number of sulfonamides is 1. The van der Waals surface area contributed by atoms with Crippen LogP contribution in [0.2, 0.25) is 0 Å². The number of hydrazine groups is 1. The summed E-state index contributed by atoms with van der Waals surface area (Å²) in [5.74, 6) is 5.42.